The summed E-state index contributed by atoms with van der Waals surface area (Å²) in [4.78, 5) is 11.3. The highest BCUT2D eigenvalue weighted by atomic mass is 16.5. The molecule has 1 aliphatic carbocycles. The van der Waals surface area contributed by atoms with E-state index in [0.29, 0.717) is 19.1 Å². The van der Waals surface area contributed by atoms with Gasteiger partial charge in [0, 0.05) is 19.2 Å². The minimum absolute atomic E-state index is 0.0254. The van der Waals surface area contributed by atoms with E-state index < -0.39 is 0 Å². The summed E-state index contributed by atoms with van der Waals surface area (Å²) in [7, 11) is 0. The van der Waals surface area contributed by atoms with E-state index in [2.05, 4.69) is 5.32 Å². The van der Waals surface area contributed by atoms with Crippen LogP contribution in [0, 0.1) is 5.92 Å². The monoisotopic (exact) mass is 214 g/mol. The summed E-state index contributed by atoms with van der Waals surface area (Å²) in [6.07, 6.45) is 4.36. The summed E-state index contributed by atoms with van der Waals surface area (Å²) < 4.78 is 5.14. The van der Waals surface area contributed by atoms with Crippen LogP contribution in [-0.4, -0.2) is 31.7 Å². The van der Waals surface area contributed by atoms with E-state index >= 15 is 0 Å². The predicted octanol–water partition coefficient (Wildman–Crippen LogP) is 0.657. The lowest BCUT2D eigenvalue weighted by atomic mass is 10.1. The molecular formula is C11H22N2O2. The van der Waals surface area contributed by atoms with Gasteiger partial charge in [0.05, 0.1) is 0 Å². The quantitative estimate of drug-likeness (QED) is 0.638. The van der Waals surface area contributed by atoms with E-state index in [4.69, 9.17) is 10.5 Å². The van der Waals surface area contributed by atoms with E-state index in [1.807, 2.05) is 6.92 Å². The Labute approximate surface area is 91.5 Å². The summed E-state index contributed by atoms with van der Waals surface area (Å²) in [6.45, 7) is 3.55. The van der Waals surface area contributed by atoms with Gasteiger partial charge in [-0.15, -0.1) is 0 Å². The van der Waals surface area contributed by atoms with Crippen molar-refractivity contribution in [2.75, 3.05) is 19.8 Å². The van der Waals surface area contributed by atoms with Crippen LogP contribution in [-0.2, 0) is 9.53 Å². The van der Waals surface area contributed by atoms with Gasteiger partial charge >= 0.3 is 0 Å². The fourth-order valence-electron chi connectivity index (χ4n) is 1.92. The molecule has 1 aliphatic rings. The second-order valence-electron chi connectivity index (χ2n) is 4.21. The Morgan fingerprint density at radius 3 is 2.93 bits per heavy atom. The number of rotatable bonds is 6. The number of nitrogens with two attached hydrogens (primary N) is 1. The van der Waals surface area contributed by atoms with Crippen LogP contribution in [0.25, 0.3) is 0 Å². The molecule has 1 saturated carbocycles. The number of amides is 1. The highest BCUT2D eigenvalue weighted by Crippen LogP contribution is 2.22. The molecule has 2 atom stereocenters. The molecule has 2 unspecified atom stereocenters. The van der Waals surface area contributed by atoms with Crippen molar-refractivity contribution < 1.29 is 9.53 Å². The molecular weight excluding hydrogens is 192 g/mol. The molecule has 0 saturated heterocycles. The van der Waals surface area contributed by atoms with Crippen molar-refractivity contribution in [3.8, 4) is 0 Å². The second-order valence-corrected chi connectivity index (χ2v) is 4.21. The molecule has 0 aliphatic heterocycles. The average molecular weight is 214 g/mol. The van der Waals surface area contributed by atoms with Gasteiger partial charge in [-0.05, 0) is 25.2 Å². The van der Waals surface area contributed by atoms with Crippen LogP contribution >= 0.6 is 0 Å². The van der Waals surface area contributed by atoms with Crippen LogP contribution < -0.4 is 11.1 Å². The summed E-state index contributed by atoms with van der Waals surface area (Å²) in [5.41, 5.74) is 5.90. The molecule has 1 fully saturated rings. The lowest BCUT2D eigenvalue weighted by molar-refractivity contribution is -0.125. The molecule has 1 rings (SSSR count). The number of carbonyl (C=O) groups excluding carboxylic acids is 1. The zero-order valence-electron chi connectivity index (χ0n) is 9.50. The van der Waals surface area contributed by atoms with Crippen molar-refractivity contribution >= 4 is 5.91 Å². The number of ether oxygens (including phenoxy) is 1. The topological polar surface area (TPSA) is 64.3 Å². The molecule has 0 aromatic rings. The van der Waals surface area contributed by atoms with E-state index in [1.54, 1.807) is 0 Å². The first kappa shape index (κ1) is 12.5. The molecule has 3 N–H and O–H groups in total. The molecule has 0 bridgehead atoms. The highest BCUT2D eigenvalue weighted by Gasteiger charge is 2.23. The molecule has 0 aromatic heterocycles. The number of carbonyl (C=O) groups is 1. The Bertz CT molecular complexity index is 197. The third kappa shape index (κ3) is 4.62. The highest BCUT2D eigenvalue weighted by molar-refractivity contribution is 5.77. The first-order valence-corrected chi connectivity index (χ1v) is 5.84. The Morgan fingerprint density at radius 2 is 2.33 bits per heavy atom. The van der Waals surface area contributed by atoms with E-state index in [1.165, 1.54) is 6.42 Å². The van der Waals surface area contributed by atoms with Crippen molar-refractivity contribution in [3.05, 3.63) is 0 Å². The fourth-order valence-corrected chi connectivity index (χ4v) is 1.92. The molecule has 0 spiro atoms. The van der Waals surface area contributed by atoms with Crippen LogP contribution in [0.4, 0.5) is 0 Å². The van der Waals surface area contributed by atoms with E-state index in [9.17, 15) is 4.79 Å². The zero-order valence-corrected chi connectivity index (χ0v) is 9.50. The van der Waals surface area contributed by atoms with Crippen molar-refractivity contribution in [1.29, 1.82) is 0 Å². The lowest BCUT2D eigenvalue weighted by Gasteiger charge is -2.15. The first-order chi connectivity index (χ1) is 7.24. The van der Waals surface area contributed by atoms with Gasteiger partial charge in [-0.25, -0.2) is 0 Å². The predicted molar refractivity (Wildman–Crippen MR) is 59.4 cm³/mol. The average Bonchev–Trinajstić information content (AvgIpc) is 2.61. The molecule has 0 aromatic carbocycles. The number of nitrogens with one attached hydrogen (secondary N) is 1. The minimum Gasteiger partial charge on any atom is -0.372 e. The fraction of sp³-hybridized carbons (Fsp3) is 0.909. The summed E-state index contributed by atoms with van der Waals surface area (Å²) in [6, 6.07) is 0.266. The maximum Gasteiger partial charge on any atom is 0.246 e. The standard InChI is InChI=1S/C11H22N2O2/c1-2-6-15-8-11(14)13-7-9-4-3-5-10(9)12/h9-10H,2-8,12H2,1H3,(H,13,14). The Hall–Kier alpha value is -0.610. The van der Waals surface area contributed by atoms with Gasteiger partial charge in [-0.2, -0.15) is 0 Å². The van der Waals surface area contributed by atoms with Crippen molar-refractivity contribution in [3.63, 3.8) is 0 Å². The van der Waals surface area contributed by atoms with Crippen LogP contribution in [0.5, 0.6) is 0 Å². The molecule has 4 heteroatoms. The Kier molecular flexibility index (Phi) is 5.65. The van der Waals surface area contributed by atoms with Crippen molar-refractivity contribution in [1.82, 2.24) is 5.32 Å². The molecule has 4 nitrogen and oxygen atoms in total. The summed E-state index contributed by atoms with van der Waals surface area (Å²) in [5, 5.41) is 2.87. The maximum absolute atomic E-state index is 11.3. The molecule has 0 radical (unpaired) electrons. The van der Waals surface area contributed by atoms with Gasteiger partial charge in [0.1, 0.15) is 6.61 Å². The van der Waals surface area contributed by atoms with Gasteiger partial charge in [-0.3, -0.25) is 4.79 Å². The molecule has 1 amide bonds. The molecule has 15 heavy (non-hydrogen) atoms. The Balaban J connectivity index is 2.05. The van der Waals surface area contributed by atoms with Crippen LogP contribution in [0.3, 0.4) is 0 Å². The summed E-state index contributed by atoms with van der Waals surface area (Å²) >= 11 is 0. The molecule has 88 valence electrons. The first-order valence-electron chi connectivity index (χ1n) is 5.84. The molecule has 0 heterocycles. The lowest BCUT2D eigenvalue weighted by Crippen LogP contribution is -2.37. The number of hydrogen-bond acceptors (Lipinski definition) is 3. The SMILES string of the molecule is CCCOCC(=O)NCC1CCCC1N. The van der Waals surface area contributed by atoms with Gasteiger partial charge in [0.25, 0.3) is 0 Å². The van der Waals surface area contributed by atoms with Gasteiger partial charge < -0.3 is 15.8 Å². The minimum atomic E-state index is -0.0254. The Morgan fingerprint density at radius 1 is 1.53 bits per heavy atom. The zero-order chi connectivity index (χ0) is 11.1. The third-order valence-corrected chi connectivity index (χ3v) is 2.86. The second kappa shape index (κ2) is 6.80. The van der Waals surface area contributed by atoms with Crippen molar-refractivity contribution in [2.24, 2.45) is 11.7 Å². The van der Waals surface area contributed by atoms with Gasteiger partial charge in [-0.1, -0.05) is 13.3 Å². The normalized spacial score (nSPS) is 25.5. The van der Waals surface area contributed by atoms with E-state index in [0.717, 1.165) is 19.3 Å². The largest absolute Gasteiger partial charge is 0.372 e. The summed E-state index contributed by atoms with van der Waals surface area (Å²) in [5.74, 6) is 0.433. The van der Waals surface area contributed by atoms with Crippen molar-refractivity contribution in [2.45, 2.75) is 38.6 Å². The van der Waals surface area contributed by atoms with Gasteiger partial charge in [0.2, 0.25) is 5.91 Å². The van der Waals surface area contributed by atoms with Crippen LogP contribution in [0.1, 0.15) is 32.6 Å². The third-order valence-electron chi connectivity index (χ3n) is 2.86. The number of hydrogen-bond donors (Lipinski definition) is 2. The van der Waals surface area contributed by atoms with E-state index in [-0.39, 0.29) is 18.6 Å². The maximum atomic E-state index is 11.3. The van der Waals surface area contributed by atoms with Gasteiger partial charge in [0.15, 0.2) is 0 Å². The van der Waals surface area contributed by atoms with Crippen LogP contribution in [0.15, 0.2) is 0 Å². The smallest absolute Gasteiger partial charge is 0.246 e. The van der Waals surface area contributed by atoms with Crippen LogP contribution in [0.2, 0.25) is 0 Å².